The van der Waals surface area contributed by atoms with Gasteiger partial charge in [0.2, 0.25) is 5.95 Å². The summed E-state index contributed by atoms with van der Waals surface area (Å²) in [6.45, 7) is 0. The maximum absolute atomic E-state index is 8.80. The molecular formula is C14H13N3O2P2. The summed E-state index contributed by atoms with van der Waals surface area (Å²) in [5, 5.41) is 11.7. The lowest BCUT2D eigenvalue weighted by atomic mass is 10.2. The standard InChI is InChI=1S/C14H13N3O2P2/c18-17-14-15-7-8-5-9(1-3-11(8)16-14)19-12-4-2-10(20)6-13(12)21/h1-7,18H,20-21H2,(H,15,16,17). The van der Waals surface area contributed by atoms with Crippen LogP contribution < -0.4 is 20.8 Å². The second-order valence-corrected chi connectivity index (χ2v) is 5.71. The molecule has 2 N–H and O–H groups in total. The van der Waals surface area contributed by atoms with Gasteiger partial charge in [-0.1, -0.05) is 6.07 Å². The fourth-order valence-corrected chi connectivity index (χ4v) is 2.73. The van der Waals surface area contributed by atoms with Crippen molar-refractivity contribution in [2.75, 3.05) is 5.48 Å². The summed E-state index contributed by atoms with van der Waals surface area (Å²) in [4.78, 5) is 8.10. The van der Waals surface area contributed by atoms with Gasteiger partial charge in [-0.3, -0.25) is 5.21 Å². The Morgan fingerprint density at radius 1 is 1.10 bits per heavy atom. The van der Waals surface area contributed by atoms with Crippen LogP contribution in [0.15, 0.2) is 42.6 Å². The topological polar surface area (TPSA) is 67.3 Å². The molecule has 1 heterocycles. The number of benzene rings is 2. The van der Waals surface area contributed by atoms with Gasteiger partial charge in [-0.15, -0.1) is 18.5 Å². The molecule has 0 saturated carbocycles. The zero-order chi connectivity index (χ0) is 14.8. The summed E-state index contributed by atoms with van der Waals surface area (Å²) in [7, 11) is 5.31. The van der Waals surface area contributed by atoms with Crippen LogP contribution in [0.2, 0.25) is 0 Å². The zero-order valence-electron chi connectivity index (χ0n) is 10.9. The molecule has 2 atom stereocenters. The molecular weight excluding hydrogens is 304 g/mol. The first-order chi connectivity index (χ1) is 10.2. The molecule has 2 aromatic carbocycles. The highest BCUT2D eigenvalue weighted by Crippen LogP contribution is 2.24. The number of anilines is 1. The fraction of sp³-hybridized carbons (Fsp3) is 0. The van der Waals surface area contributed by atoms with Gasteiger partial charge in [-0.25, -0.2) is 15.4 Å². The van der Waals surface area contributed by atoms with Gasteiger partial charge in [0.1, 0.15) is 11.5 Å². The molecule has 0 saturated heterocycles. The molecule has 5 nitrogen and oxygen atoms in total. The highest BCUT2D eigenvalue weighted by Gasteiger charge is 2.05. The maximum Gasteiger partial charge on any atom is 0.247 e. The van der Waals surface area contributed by atoms with Crippen LogP contribution in [0.25, 0.3) is 10.9 Å². The van der Waals surface area contributed by atoms with Crippen molar-refractivity contribution in [2.45, 2.75) is 0 Å². The summed E-state index contributed by atoms with van der Waals surface area (Å²) in [5.41, 5.74) is 2.65. The summed E-state index contributed by atoms with van der Waals surface area (Å²) in [5.74, 6) is 1.65. The van der Waals surface area contributed by atoms with E-state index in [0.29, 0.717) is 5.75 Å². The first kappa shape index (κ1) is 14.2. The Morgan fingerprint density at radius 2 is 1.95 bits per heavy atom. The highest BCUT2D eigenvalue weighted by atomic mass is 31.0. The van der Waals surface area contributed by atoms with Gasteiger partial charge in [0.25, 0.3) is 0 Å². The number of aromatic nitrogens is 2. The normalized spacial score (nSPS) is 10.6. The molecule has 0 aliphatic heterocycles. The summed E-state index contributed by atoms with van der Waals surface area (Å²) in [6, 6.07) is 11.4. The molecule has 3 rings (SSSR count). The minimum Gasteiger partial charge on any atom is -0.457 e. The molecule has 2 unspecified atom stereocenters. The van der Waals surface area contributed by atoms with E-state index in [0.717, 1.165) is 27.3 Å². The van der Waals surface area contributed by atoms with E-state index in [-0.39, 0.29) is 5.95 Å². The molecule has 0 aliphatic carbocycles. The number of hydrogen-bond acceptors (Lipinski definition) is 5. The number of nitrogens with one attached hydrogen (secondary N) is 1. The van der Waals surface area contributed by atoms with E-state index in [1.165, 1.54) is 0 Å². The van der Waals surface area contributed by atoms with Crippen LogP contribution in [0.1, 0.15) is 0 Å². The van der Waals surface area contributed by atoms with Crippen molar-refractivity contribution in [1.29, 1.82) is 0 Å². The van der Waals surface area contributed by atoms with Crippen LogP contribution in [0.5, 0.6) is 11.5 Å². The minimum absolute atomic E-state index is 0.166. The summed E-state index contributed by atoms with van der Waals surface area (Å²) in [6.07, 6.45) is 1.63. The van der Waals surface area contributed by atoms with Crippen molar-refractivity contribution in [3.63, 3.8) is 0 Å². The lowest BCUT2D eigenvalue weighted by Gasteiger charge is -2.10. The van der Waals surface area contributed by atoms with Crippen molar-refractivity contribution in [1.82, 2.24) is 9.97 Å². The molecule has 7 heteroatoms. The smallest absolute Gasteiger partial charge is 0.247 e. The fourth-order valence-electron chi connectivity index (χ4n) is 1.92. The molecule has 0 spiro atoms. The zero-order valence-corrected chi connectivity index (χ0v) is 13.3. The SMILES string of the molecule is ONc1ncc2cc(Oc3ccc(P)cc3P)ccc2n1. The van der Waals surface area contributed by atoms with Crippen LogP contribution in [0, 0.1) is 0 Å². The van der Waals surface area contributed by atoms with Gasteiger partial charge in [0, 0.05) is 16.9 Å². The Labute approximate surface area is 126 Å². The summed E-state index contributed by atoms with van der Waals surface area (Å²) >= 11 is 0. The van der Waals surface area contributed by atoms with Crippen molar-refractivity contribution in [3.8, 4) is 11.5 Å². The minimum atomic E-state index is 0.166. The van der Waals surface area contributed by atoms with Crippen LogP contribution in [0.4, 0.5) is 5.95 Å². The molecule has 0 amide bonds. The van der Waals surface area contributed by atoms with Crippen molar-refractivity contribution < 1.29 is 9.94 Å². The first-order valence-corrected chi connectivity index (χ1v) is 7.31. The number of ether oxygens (including phenoxy) is 1. The lowest BCUT2D eigenvalue weighted by Crippen LogP contribution is -2.03. The maximum atomic E-state index is 8.80. The number of hydrogen-bond donors (Lipinski definition) is 2. The Morgan fingerprint density at radius 3 is 2.71 bits per heavy atom. The van der Waals surface area contributed by atoms with Crippen molar-refractivity contribution in [3.05, 3.63) is 42.6 Å². The van der Waals surface area contributed by atoms with Gasteiger partial charge in [0.15, 0.2) is 0 Å². The van der Waals surface area contributed by atoms with Gasteiger partial charge in [-0.2, -0.15) is 0 Å². The average molecular weight is 317 g/mol. The van der Waals surface area contributed by atoms with Gasteiger partial charge >= 0.3 is 0 Å². The van der Waals surface area contributed by atoms with Crippen molar-refractivity contribution in [2.24, 2.45) is 0 Å². The second-order valence-electron chi connectivity index (χ2n) is 4.43. The summed E-state index contributed by atoms with van der Waals surface area (Å²) < 4.78 is 5.88. The second kappa shape index (κ2) is 5.90. The molecule has 21 heavy (non-hydrogen) atoms. The third kappa shape index (κ3) is 3.11. The third-order valence-corrected chi connectivity index (χ3v) is 3.72. The number of nitrogens with zero attached hydrogens (tertiary/aromatic N) is 2. The molecule has 0 bridgehead atoms. The number of fused-ring (bicyclic) bond motifs is 1. The predicted molar refractivity (Wildman–Crippen MR) is 90.2 cm³/mol. The van der Waals surface area contributed by atoms with E-state index in [2.05, 4.69) is 28.4 Å². The molecule has 0 fully saturated rings. The Balaban J connectivity index is 1.94. The Hall–Kier alpha value is -1.80. The van der Waals surface area contributed by atoms with Gasteiger partial charge < -0.3 is 4.74 Å². The molecule has 1 aromatic heterocycles. The molecule has 0 radical (unpaired) electrons. The largest absolute Gasteiger partial charge is 0.457 e. The predicted octanol–water partition coefficient (Wildman–Crippen LogP) is 2.22. The van der Waals surface area contributed by atoms with Crippen molar-refractivity contribution >= 4 is 45.9 Å². The van der Waals surface area contributed by atoms with Crippen LogP contribution >= 0.6 is 18.5 Å². The Bertz CT molecular complexity index is 811. The molecule has 106 valence electrons. The van der Waals surface area contributed by atoms with Gasteiger partial charge in [-0.05, 0) is 35.6 Å². The van der Waals surface area contributed by atoms with E-state index in [9.17, 15) is 0 Å². The average Bonchev–Trinajstić information content (AvgIpc) is 2.49. The van der Waals surface area contributed by atoms with E-state index in [1.807, 2.05) is 41.9 Å². The van der Waals surface area contributed by atoms with E-state index in [1.54, 1.807) is 6.20 Å². The Kier molecular flexibility index (Phi) is 3.98. The third-order valence-electron chi connectivity index (χ3n) is 2.91. The van der Waals surface area contributed by atoms with Gasteiger partial charge in [0.05, 0.1) is 5.52 Å². The number of rotatable bonds is 3. The van der Waals surface area contributed by atoms with E-state index in [4.69, 9.17) is 9.94 Å². The van der Waals surface area contributed by atoms with Crippen LogP contribution in [0.3, 0.4) is 0 Å². The van der Waals surface area contributed by atoms with E-state index >= 15 is 0 Å². The lowest BCUT2D eigenvalue weighted by molar-refractivity contribution is 0.383. The van der Waals surface area contributed by atoms with Crippen LogP contribution in [-0.2, 0) is 0 Å². The molecule has 3 aromatic rings. The monoisotopic (exact) mass is 317 g/mol. The first-order valence-electron chi connectivity index (χ1n) is 6.15. The quantitative estimate of drug-likeness (QED) is 0.573. The molecule has 0 aliphatic rings. The van der Waals surface area contributed by atoms with Crippen LogP contribution in [-0.4, -0.2) is 15.2 Å². The van der Waals surface area contributed by atoms with E-state index < -0.39 is 0 Å². The highest BCUT2D eigenvalue weighted by molar-refractivity contribution is 7.29.